The van der Waals surface area contributed by atoms with E-state index in [9.17, 15) is 4.79 Å². The van der Waals surface area contributed by atoms with Crippen LogP contribution in [-0.4, -0.2) is 48.0 Å². The van der Waals surface area contributed by atoms with Crippen LogP contribution in [-0.2, 0) is 6.42 Å². The monoisotopic (exact) mass is 341 g/mol. The van der Waals surface area contributed by atoms with Crippen molar-refractivity contribution in [3.05, 3.63) is 47.4 Å². The number of rotatable bonds is 8. The SMILES string of the molecule is CCc1ccc(NC(=O)c2cc(NCCCN(C)C)nc(C)n2)cc1. The summed E-state index contributed by atoms with van der Waals surface area (Å²) in [5, 5.41) is 6.14. The number of amides is 1. The zero-order valence-corrected chi connectivity index (χ0v) is 15.5. The Labute approximate surface area is 149 Å². The lowest BCUT2D eigenvalue weighted by Gasteiger charge is -2.11. The largest absolute Gasteiger partial charge is 0.370 e. The van der Waals surface area contributed by atoms with Gasteiger partial charge >= 0.3 is 0 Å². The number of anilines is 2. The molecule has 0 aliphatic carbocycles. The van der Waals surface area contributed by atoms with Crippen LogP contribution in [0.15, 0.2) is 30.3 Å². The molecule has 0 fully saturated rings. The maximum Gasteiger partial charge on any atom is 0.274 e. The highest BCUT2D eigenvalue weighted by molar-refractivity contribution is 6.03. The van der Waals surface area contributed by atoms with Gasteiger partial charge in [0.05, 0.1) is 0 Å². The van der Waals surface area contributed by atoms with E-state index >= 15 is 0 Å². The molecule has 0 saturated carbocycles. The Morgan fingerprint density at radius 3 is 2.52 bits per heavy atom. The summed E-state index contributed by atoms with van der Waals surface area (Å²) >= 11 is 0. The predicted octanol–water partition coefficient (Wildman–Crippen LogP) is 2.96. The van der Waals surface area contributed by atoms with Crippen LogP contribution in [0.2, 0.25) is 0 Å². The lowest BCUT2D eigenvalue weighted by Crippen LogP contribution is -2.18. The van der Waals surface area contributed by atoms with Gasteiger partial charge in [-0.05, 0) is 58.1 Å². The Kier molecular flexibility index (Phi) is 6.89. The molecule has 2 aromatic rings. The van der Waals surface area contributed by atoms with Crippen LogP contribution in [0.25, 0.3) is 0 Å². The second kappa shape index (κ2) is 9.13. The zero-order chi connectivity index (χ0) is 18.2. The highest BCUT2D eigenvalue weighted by Crippen LogP contribution is 2.13. The average molecular weight is 341 g/mol. The lowest BCUT2D eigenvalue weighted by molar-refractivity contribution is 0.102. The smallest absolute Gasteiger partial charge is 0.274 e. The van der Waals surface area contributed by atoms with Gasteiger partial charge in [0.1, 0.15) is 17.3 Å². The zero-order valence-electron chi connectivity index (χ0n) is 15.5. The van der Waals surface area contributed by atoms with Crippen molar-refractivity contribution in [1.29, 1.82) is 0 Å². The van der Waals surface area contributed by atoms with Gasteiger partial charge in [-0.25, -0.2) is 9.97 Å². The Morgan fingerprint density at radius 2 is 1.88 bits per heavy atom. The topological polar surface area (TPSA) is 70.2 Å². The van der Waals surface area contributed by atoms with E-state index in [0.29, 0.717) is 17.3 Å². The van der Waals surface area contributed by atoms with E-state index in [-0.39, 0.29) is 5.91 Å². The molecule has 1 aromatic carbocycles. The van der Waals surface area contributed by atoms with Gasteiger partial charge in [-0.3, -0.25) is 4.79 Å². The third-order valence-corrected chi connectivity index (χ3v) is 3.78. The Balaban J connectivity index is 2.00. The number of nitrogens with one attached hydrogen (secondary N) is 2. The summed E-state index contributed by atoms with van der Waals surface area (Å²) < 4.78 is 0. The maximum atomic E-state index is 12.5. The molecule has 1 aromatic heterocycles. The van der Waals surface area contributed by atoms with E-state index in [1.54, 1.807) is 13.0 Å². The van der Waals surface area contributed by atoms with E-state index in [2.05, 4.69) is 32.4 Å². The number of hydrogen-bond acceptors (Lipinski definition) is 5. The molecule has 0 unspecified atom stereocenters. The first kappa shape index (κ1) is 18.9. The summed E-state index contributed by atoms with van der Waals surface area (Å²) in [4.78, 5) is 23.2. The molecular formula is C19H27N5O. The lowest BCUT2D eigenvalue weighted by atomic mass is 10.1. The molecule has 6 heteroatoms. The number of benzene rings is 1. The van der Waals surface area contributed by atoms with Crippen LogP contribution in [0.4, 0.5) is 11.5 Å². The first-order chi connectivity index (χ1) is 12.0. The quantitative estimate of drug-likeness (QED) is 0.723. The molecular weight excluding hydrogens is 314 g/mol. The van der Waals surface area contributed by atoms with Gasteiger partial charge in [0.15, 0.2) is 0 Å². The summed E-state index contributed by atoms with van der Waals surface area (Å²) in [6.45, 7) is 5.69. The standard InChI is InChI=1S/C19H27N5O/c1-5-15-7-9-16(10-8-15)23-19(25)17-13-18(22-14(2)21-17)20-11-6-12-24(3)4/h7-10,13H,5-6,11-12H2,1-4H3,(H,23,25)(H,20,21,22). The molecule has 1 amide bonds. The van der Waals surface area contributed by atoms with Gasteiger partial charge in [0.2, 0.25) is 0 Å². The van der Waals surface area contributed by atoms with Crippen molar-refractivity contribution >= 4 is 17.4 Å². The number of aryl methyl sites for hydroxylation is 2. The maximum absolute atomic E-state index is 12.5. The van der Waals surface area contributed by atoms with E-state index < -0.39 is 0 Å². The fourth-order valence-corrected chi connectivity index (χ4v) is 2.41. The number of aromatic nitrogens is 2. The summed E-state index contributed by atoms with van der Waals surface area (Å²) in [7, 11) is 4.09. The Bertz CT molecular complexity index is 697. The highest BCUT2D eigenvalue weighted by atomic mass is 16.1. The molecule has 0 spiro atoms. The fraction of sp³-hybridized carbons (Fsp3) is 0.421. The second-order valence-electron chi connectivity index (χ2n) is 6.27. The van der Waals surface area contributed by atoms with Crippen molar-refractivity contribution in [3.63, 3.8) is 0 Å². The molecule has 0 aliphatic heterocycles. The molecule has 0 aliphatic rings. The second-order valence-corrected chi connectivity index (χ2v) is 6.27. The van der Waals surface area contributed by atoms with Gasteiger partial charge in [-0.15, -0.1) is 0 Å². The normalized spacial score (nSPS) is 10.8. The van der Waals surface area contributed by atoms with Gasteiger partial charge in [-0.1, -0.05) is 19.1 Å². The van der Waals surface area contributed by atoms with E-state index in [1.807, 2.05) is 38.4 Å². The Morgan fingerprint density at radius 1 is 1.16 bits per heavy atom. The molecule has 0 bridgehead atoms. The molecule has 6 nitrogen and oxygen atoms in total. The average Bonchev–Trinajstić information content (AvgIpc) is 2.59. The predicted molar refractivity (Wildman–Crippen MR) is 102 cm³/mol. The molecule has 134 valence electrons. The van der Waals surface area contributed by atoms with Crippen LogP contribution < -0.4 is 10.6 Å². The molecule has 0 atom stereocenters. The molecule has 1 heterocycles. The van der Waals surface area contributed by atoms with Gasteiger partial charge in [-0.2, -0.15) is 0 Å². The van der Waals surface area contributed by atoms with Crippen molar-refractivity contribution in [2.24, 2.45) is 0 Å². The minimum atomic E-state index is -0.230. The fourth-order valence-electron chi connectivity index (χ4n) is 2.41. The van der Waals surface area contributed by atoms with Gasteiger partial charge in [0.25, 0.3) is 5.91 Å². The van der Waals surface area contributed by atoms with Crippen LogP contribution in [0.1, 0.15) is 35.2 Å². The summed E-state index contributed by atoms with van der Waals surface area (Å²) in [5.74, 6) is 1.02. The van der Waals surface area contributed by atoms with Crippen molar-refractivity contribution in [1.82, 2.24) is 14.9 Å². The summed E-state index contributed by atoms with van der Waals surface area (Å²) in [6, 6.07) is 9.53. The number of carbonyl (C=O) groups is 1. The molecule has 0 saturated heterocycles. The molecule has 0 radical (unpaired) electrons. The van der Waals surface area contributed by atoms with Crippen LogP contribution in [0.5, 0.6) is 0 Å². The van der Waals surface area contributed by atoms with Crippen molar-refractivity contribution in [3.8, 4) is 0 Å². The van der Waals surface area contributed by atoms with Crippen molar-refractivity contribution < 1.29 is 4.79 Å². The van der Waals surface area contributed by atoms with Gasteiger partial charge in [0, 0.05) is 18.3 Å². The van der Waals surface area contributed by atoms with Crippen molar-refractivity contribution in [2.45, 2.75) is 26.7 Å². The minimum absolute atomic E-state index is 0.230. The third kappa shape index (κ3) is 6.15. The van der Waals surface area contributed by atoms with Crippen LogP contribution in [0.3, 0.4) is 0 Å². The van der Waals surface area contributed by atoms with E-state index in [0.717, 1.165) is 31.6 Å². The third-order valence-electron chi connectivity index (χ3n) is 3.78. The van der Waals surface area contributed by atoms with Crippen molar-refractivity contribution in [2.75, 3.05) is 37.8 Å². The molecule has 25 heavy (non-hydrogen) atoms. The summed E-state index contributed by atoms with van der Waals surface area (Å²) in [5.41, 5.74) is 2.36. The highest BCUT2D eigenvalue weighted by Gasteiger charge is 2.11. The minimum Gasteiger partial charge on any atom is -0.370 e. The van der Waals surface area contributed by atoms with E-state index in [4.69, 9.17) is 0 Å². The number of carbonyl (C=O) groups excluding carboxylic acids is 1. The van der Waals surface area contributed by atoms with Gasteiger partial charge < -0.3 is 15.5 Å². The first-order valence-corrected chi connectivity index (χ1v) is 8.62. The van der Waals surface area contributed by atoms with Crippen LogP contribution >= 0.6 is 0 Å². The number of nitrogens with zero attached hydrogens (tertiary/aromatic N) is 3. The van der Waals surface area contributed by atoms with E-state index in [1.165, 1.54) is 5.56 Å². The summed E-state index contributed by atoms with van der Waals surface area (Å²) in [6.07, 6.45) is 1.98. The first-order valence-electron chi connectivity index (χ1n) is 8.62. The molecule has 2 N–H and O–H groups in total. The Hall–Kier alpha value is -2.47. The van der Waals surface area contributed by atoms with Crippen LogP contribution in [0, 0.1) is 6.92 Å². The number of hydrogen-bond donors (Lipinski definition) is 2. The molecule has 2 rings (SSSR count).